The molecular weight excluding hydrogens is 395 g/mol. The molecule has 3 atom stereocenters. The molecular formula is C21H23FN2O6. The Morgan fingerprint density at radius 3 is 2.47 bits per heavy atom. The minimum absolute atomic E-state index is 0.00257. The van der Waals surface area contributed by atoms with Crippen LogP contribution in [0.3, 0.4) is 0 Å². The lowest BCUT2D eigenvalue weighted by Crippen LogP contribution is -2.63. The van der Waals surface area contributed by atoms with Crippen molar-refractivity contribution in [1.82, 2.24) is 5.32 Å². The number of anilines is 1. The van der Waals surface area contributed by atoms with Crippen LogP contribution in [-0.4, -0.2) is 42.4 Å². The Labute approximate surface area is 172 Å². The van der Waals surface area contributed by atoms with Crippen LogP contribution >= 0.6 is 0 Å². The Morgan fingerprint density at radius 1 is 1.17 bits per heavy atom. The number of carbonyl (C=O) groups excluding carboxylic acids is 4. The summed E-state index contributed by atoms with van der Waals surface area (Å²) in [7, 11) is 0. The zero-order valence-electron chi connectivity index (χ0n) is 16.7. The van der Waals surface area contributed by atoms with Gasteiger partial charge in [-0.05, 0) is 44.9 Å². The average Bonchev–Trinajstić information content (AvgIpc) is 3.17. The summed E-state index contributed by atoms with van der Waals surface area (Å²) in [5, 5.41) is 5.57. The lowest BCUT2D eigenvalue weighted by molar-refractivity contribution is -0.169. The molecule has 30 heavy (non-hydrogen) atoms. The first-order valence-electron chi connectivity index (χ1n) is 10.1. The van der Waals surface area contributed by atoms with Crippen molar-refractivity contribution >= 4 is 29.3 Å². The van der Waals surface area contributed by atoms with Gasteiger partial charge in [0, 0.05) is 23.6 Å². The van der Waals surface area contributed by atoms with Crippen molar-refractivity contribution in [1.29, 1.82) is 0 Å². The van der Waals surface area contributed by atoms with Gasteiger partial charge in [-0.25, -0.2) is 14.0 Å². The highest BCUT2D eigenvalue weighted by Crippen LogP contribution is 2.56. The minimum Gasteiger partial charge on any atom is -0.464 e. The molecule has 2 N–H and O–H groups in total. The molecule has 1 saturated carbocycles. The normalized spacial score (nSPS) is 28.6. The first-order valence-corrected chi connectivity index (χ1v) is 10.1. The lowest BCUT2D eigenvalue weighted by atomic mass is 9.65. The summed E-state index contributed by atoms with van der Waals surface area (Å²) in [6, 6.07) is 3.75. The van der Waals surface area contributed by atoms with Crippen molar-refractivity contribution in [2.24, 2.45) is 11.8 Å². The first-order chi connectivity index (χ1) is 14.3. The van der Waals surface area contributed by atoms with Gasteiger partial charge in [0.15, 0.2) is 0 Å². The largest absolute Gasteiger partial charge is 0.464 e. The van der Waals surface area contributed by atoms with E-state index in [9.17, 15) is 23.6 Å². The maximum Gasteiger partial charge on any atom is 0.338 e. The van der Waals surface area contributed by atoms with E-state index in [1.807, 2.05) is 0 Å². The second-order valence-corrected chi connectivity index (χ2v) is 7.77. The minimum atomic E-state index is -2.04. The van der Waals surface area contributed by atoms with Gasteiger partial charge < -0.3 is 14.8 Å². The van der Waals surface area contributed by atoms with E-state index in [1.54, 1.807) is 13.8 Å². The number of benzene rings is 1. The van der Waals surface area contributed by atoms with Gasteiger partial charge in [0.2, 0.25) is 11.4 Å². The van der Waals surface area contributed by atoms with Gasteiger partial charge in [-0.15, -0.1) is 0 Å². The van der Waals surface area contributed by atoms with Gasteiger partial charge in [-0.1, -0.05) is 0 Å². The van der Waals surface area contributed by atoms with Crippen LogP contribution in [0, 0.1) is 17.7 Å². The van der Waals surface area contributed by atoms with E-state index in [-0.39, 0.29) is 31.0 Å². The van der Waals surface area contributed by atoms with Crippen LogP contribution in [0.4, 0.5) is 10.1 Å². The Hall–Kier alpha value is -2.81. The SMILES string of the molecule is CCOC(=O)C1(C(=O)OCC)N[C@]2(C(=O)Nc3ccc(F)cc32)[C@H]2C(=O)CCC[C@H]21. The Bertz CT molecular complexity index is 929. The molecule has 2 fully saturated rings. The standard InChI is InChI=1S/C21H23FN2O6/c1-3-29-18(27)21(19(28)30-4-2)12-6-5-7-15(25)16(12)20(24-21)13-10-11(22)8-9-14(13)23-17(20)26/h8-10,12,16,24H,3-7H2,1-2H3,(H,23,26)/t12-,16-,20+/m1/s1. The molecule has 8 nitrogen and oxygen atoms in total. The third-order valence-electron chi connectivity index (χ3n) is 6.31. The van der Waals surface area contributed by atoms with Crippen LogP contribution in [-0.2, 0) is 34.2 Å². The molecule has 0 radical (unpaired) electrons. The molecule has 2 heterocycles. The number of hydrogen-bond acceptors (Lipinski definition) is 7. The highest BCUT2D eigenvalue weighted by atomic mass is 19.1. The molecule has 160 valence electrons. The maximum absolute atomic E-state index is 14.2. The summed E-state index contributed by atoms with van der Waals surface area (Å²) in [5.74, 6) is -5.17. The summed E-state index contributed by atoms with van der Waals surface area (Å²) in [6.45, 7) is 3.19. The number of fused-ring (bicyclic) bond motifs is 4. The monoisotopic (exact) mass is 418 g/mol. The molecule has 1 spiro atoms. The predicted molar refractivity (Wildman–Crippen MR) is 102 cm³/mol. The zero-order chi connectivity index (χ0) is 21.7. The van der Waals surface area contributed by atoms with E-state index in [0.29, 0.717) is 18.5 Å². The van der Waals surface area contributed by atoms with Crippen molar-refractivity contribution in [2.75, 3.05) is 18.5 Å². The van der Waals surface area contributed by atoms with Crippen LogP contribution in [0.15, 0.2) is 18.2 Å². The Balaban J connectivity index is 1.97. The van der Waals surface area contributed by atoms with E-state index in [4.69, 9.17) is 9.47 Å². The lowest BCUT2D eigenvalue weighted by Gasteiger charge is -2.34. The van der Waals surface area contributed by atoms with Crippen LogP contribution in [0.25, 0.3) is 0 Å². The topological polar surface area (TPSA) is 111 Å². The number of halogens is 1. The zero-order valence-corrected chi connectivity index (χ0v) is 16.7. The molecule has 0 unspecified atom stereocenters. The van der Waals surface area contributed by atoms with Gasteiger partial charge >= 0.3 is 11.9 Å². The maximum atomic E-state index is 14.2. The molecule has 3 aliphatic rings. The summed E-state index contributed by atoms with van der Waals surface area (Å²) >= 11 is 0. The number of carbonyl (C=O) groups is 4. The van der Waals surface area contributed by atoms with Gasteiger partial charge in [0.25, 0.3) is 0 Å². The van der Waals surface area contributed by atoms with Crippen molar-refractivity contribution < 1.29 is 33.0 Å². The van der Waals surface area contributed by atoms with E-state index in [1.165, 1.54) is 12.1 Å². The molecule has 0 aromatic heterocycles. The van der Waals surface area contributed by atoms with Gasteiger partial charge in [-0.2, -0.15) is 0 Å². The number of Topliss-reactive ketones (excluding diaryl/α,β-unsaturated/α-hetero) is 1. The number of esters is 2. The summed E-state index contributed by atoms with van der Waals surface area (Å²) in [6.07, 6.45) is 0.987. The third kappa shape index (κ3) is 2.54. The van der Waals surface area contributed by atoms with Crippen LogP contribution in [0.2, 0.25) is 0 Å². The van der Waals surface area contributed by atoms with E-state index in [2.05, 4.69) is 10.6 Å². The summed E-state index contributed by atoms with van der Waals surface area (Å²) < 4.78 is 24.6. The van der Waals surface area contributed by atoms with Crippen LogP contribution in [0.1, 0.15) is 38.7 Å². The fourth-order valence-electron chi connectivity index (χ4n) is 5.24. The van der Waals surface area contributed by atoms with E-state index < -0.39 is 46.6 Å². The highest BCUT2D eigenvalue weighted by Gasteiger charge is 2.75. The quantitative estimate of drug-likeness (QED) is 0.562. The number of ether oxygens (including phenoxy) is 2. The molecule has 1 aliphatic carbocycles. The molecule has 0 bridgehead atoms. The number of ketones is 1. The molecule has 4 rings (SSSR count). The molecule has 9 heteroatoms. The molecule has 1 amide bonds. The molecule has 2 aliphatic heterocycles. The van der Waals surface area contributed by atoms with Crippen molar-refractivity contribution in [3.05, 3.63) is 29.6 Å². The average molecular weight is 418 g/mol. The summed E-state index contributed by atoms with van der Waals surface area (Å²) in [4.78, 5) is 52.7. The van der Waals surface area contributed by atoms with Crippen molar-refractivity contribution in [3.8, 4) is 0 Å². The Kier molecular flexibility index (Phi) is 4.88. The summed E-state index contributed by atoms with van der Waals surface area (Å²) in [5.41, 5.74) is -3.28. The second-order valence-electron chi connectivity index (χ2n) is 7.77. The van der Waals surface area contributed by atoms with E-state index >= 15 is 0 Å². The number of nitrogens with one attached hydrogen (secondary N) is 2. The first kappa shape index (κ1) is 20.5. The van der Waals surface area contributed by atoms with Crippen molar-refractivity contribution in [2.45, 2.75) is 44.2 Å². The van der Waals surface area contributed by atoms with Gasteiger partial charge in [0.1, 0.15) is 17.1 Å². The number of hydrogen-bond donors (Lipinski definition) is 2. The molecule has 1 aromatic carbocycles. The number of amides is 1. The van der Waals surface area contributed by atoms with E-state index in [0.717, 1.165) is 6.07 Å². The molecule has 1 aromatic rings. The second kappa shape index (κ2) is 7.16. The number of rotatable bonds is 4. The highest BCUT2D eigenvalue weighted by molar-refractivity contribution is 6.14. The predicted octanol–water partition coefficient (Wildman–Crippen LogP) is 1.43. The van der Waals surface area contributed by atoms with Gasteiger partial charge in [0.05, 0.1) is 19.1 Å². The van der Waals surface area contributed by atoms with Crippen LogP contribution < -0.4 is 10.6 Å². The third-order valence-corrected chi connectivity index (χ3v) is 6.31. The van der Waals surface area contributed by atoms with Gasteiger partial charge in [-0.3, -0.25) is 14.9 Å². The molecule has 1 saturated heterocycles. The fourth-order valence-corrected chi connectivity index (χ4v) is 5.24. The van der Waals surface area contributed by atoms with Crippen molar-refractivity contribution in [3.63, 3.8) is 0 Å². The fraction of sp³-hybridized carbons (Fsp3) is 0.524. The Morgan fingerprint density at radius 2 is 1.83 bits per heavy atom. The smallest absolute Gasteiger partial charge is 0.338 e. The van der Waals surface area contributed by atoms with Crippen LogP contribution in [0.5, 0.6) is 0 Å².